The first-order chi connectivity index (χ1) is 16.3. The van der Waals surface area contributed by atoms with Gasteiger partial charge in [-0.15, -0.1) is 0 Å². The zero-order chi connectivity index (χ0) is 24.3. The molecular weight excluding hydrogens is 424 g/mol. The van der Waals surface area contributed by atoms with Crippen LogP contribution in [0.15, 0.2) is 60.7 Å². The first kappa shape index (κ1) is 23.7. The number of aryl methyl sites for hydroxylation is 3. The molecule has 0 radical (unpaired) electrons. The normalized spacial score (nSPS) is 14.9. The van der Waals surface area contributed by atoms with Crippen molar-refractivity contribution in [2.75, 3.05) is 7.11 Å². The van der Waals surface area contributed by atoms with Crippen LogP contribution in [0, 0.1) is 20.8 Å². The van der Waals surface area contributed by atoms with Gasteiger partial charge in [0.15, 0.2) is 0 Å². The van der Waals surface area contributed by atoms with Gasteiger partial charge in [-0.1, -0.05) is 49.6 Å². The summed E-state index contributed by atoms with van der Waals surface area (Å²) in [6, 6.07) is 19.4. The van der Waals surface area contributed by atoms with Gasteiger partial charge in [-0.3, -0.25) is 0 Å². The van der Waals surface area contributed by atoms with Crippen molar-refractivity contribution in [3.05, 3.63) is 99.6 Å². The molecule has 0 bridgehead atoms. The van der Waals surface area contributed by atoms with Crippen molar-refractivity contribution in [2.45, 2.75) is 58.3 Å². The van der Waals surface area contributed by atoms with Crippen molar-refractivity contribution >= 4 is 11.9 Å². The fraction of sp³-hybridized carbons (Fsp3) is 0.333. The molecule has 34 heavy (non-hydrogen) atoms. The molecule has 0 atom stereocenters. The van der Waals surface area contributed by atoms with Crippen molar-refractivity contribution in [1.82, 2.24) is 0 Å². The lowest BCUT2D eigenvalue weighted by molar-refractivity contribution is 0.0599. The van der Waals surface area contributed by atoms with E-state index < -0.39 is 11.9 Å². The predicted octanol–water partition coefficient (Wildman–Crippen LogP) is 6.87. The van der Waals surface area contributed by atoms with Gasteiger partial charge in [-0.25, -0.2) is 9.59 Å². The van der Waals surface area contributed by atoms with Gasteiger partial charge in [-0.05, 0) is 91.8 Å². The third kappa shape index (κ3) is 4.63. The SMILES string of the molecule is COC(=O)c1ccc(C(=O)Oc2ccc(C3(c4ccc(C)c(C)c4)CCCCC3)cc2C)cc1. The monoisotopic (exact) mass is 456 g/mol. The minimum Gasteiger partial charge on any atom is -0.465 e. The minimum absolute atomic E-state index is 0.00622. The van der Waals surface area contributed by atoms with Crippen molar-refractivity contribution < 1.29 is 19.1 Å². The Labute approximate surface area is 201 Å². The topological polar surface area (TPSA) is 52.6 Å². The molecule has 0 N–H and O–H groups in total. The van der Waals surface area contributed by atoms with E-state index in [1.807, 2.05) is 13.0 Å². The summed E-state index contributed by atoms with van der Waals surface area (Å²) in [5.74, 6) is -0.336. The van der Waals surface area contributed by atoms with Crippen LogP contribution in [0.2, 0.25) is 0 Å². The van der Waals surface area contributed by atoms with Crippen LogP contribution < -0.4 is 4.74 Å². The second-order valence-corrected chi connectivity index (χ2v) is 9.38. The first-order valence-corrected chi connectivity index (χ1v) is 11.9. The summed E-state index contributed by atoms with van der Waals surface area (Å²) in [5, 5.41) is 0. The molecule has 0 spiro atoms. The van der Waals surface area contributed by atoms with Crippen LogP contribution in [0.1, 0.15) is 80.6 Å². The molecule has 0 saturated heterocycles. The zero-order valence-electron chi connectivity index (χ0n) is 20.4. The standard InChI is InChI=1S/C30H32O4/c1-20-8-13-25(18-21(20)2)30(16-6-5-7-17-30)26-14-15-27(22(3)19-26)34-29(32)24-11-9-23(10-12-24)28(31)33-4/h8-15,18-19H,5-7,16-17H2,1-4H3. The molecule has 176 valence electrons. The van der Waals surface area contributed by atoms with E-state index >= 15 is 0 Å². The van der Waals surface area contributed by atoms with Crippen LogP contribution in [0.4, 0.5) is 0 Å². The van der Waals surface area contributed by atoms with E-state index in [4.69, 9.17) is 9.47 Å². The molecule has 0 unspecified atom stereocenters. The Morgan fingerprint density at radius 3 is 1.79 bits per heavy atom. The number of carbonyl (C=O) groups is 2. The van der Waals surface area contributed by atoms with Gasteiger partial charge in [-0.2, -0.15) is 0 Å². The lowest BCUT2D eigenvalue weighted by Crippen LogP contribution is -2.30. The molecule has 4 rings (SSSR count). The van der Waals surface area contributed by atoms with Gasteiger partial charge >= 0.3 is 11.9 Å². The van der Waals surface area contributed by atoms with E-state index in [-0.39, 0.29) is 5.41 Å². The lowest BCUT2D eigenvalue weighted by Gasteiger charge is -2.39. The molecule has 4 heteroatoms. The number of hydrogen-bond acceptors (Lipinski definition) is 4. The van der Waals surface area contributed by atoms with E-state index in [2.05, 4.69) is 44.2 Å². The van der Waals surface area contributed by atoms with Crippen LogP contribution in [0.3, 0.4) is 0 Å². The summed E-state index contributed by atoms with van der Waals surface area (Å²) in [4.78, 5) is 24.3. The summed E-state index contributed by atoms with van der Waals surface area (Å²) in [7, 11) is 1.33. The highest BCUT2D eigenvalue weighted by atomic mass is 16.5. The molecule has 1 fully saturated rings. The number of rotatable bonds is 5. The second-order valence-electron chi connectivity index (χ2n) is 9.38. The van der Waals surface area contributed by atoms with Crippen molar-refractivity contribution in [2.24, 2.45) is 0 Å². The average Bonchev–Trinajstić information content (AvgIpc) is 2.86. The Hall–Kier alpha value is -3.40. The average molecular weight is 457 g/mol. The molecule has 1 aliphatic rings. The number of benzene rings is 3. The van der Waals surface area contributed by atoms with Crippen LogP contribution in [-0.4, -0.2) is 19.0 Å². The third-order valence-corrected chi connectivity index (χ3v) is 7.24. The smallest absolute Gasteiger partial charge is 0.343 e. The summed E-state index contributed by atoms with van der Waals surface area (Å²) < 4.78 is 10.4. The van der Waals surface area contributed by atoms with E-state index in [9.17, 15) is 9.59 Å². The number of esters is 2. The van der Waals surface area contributed by atoms with Crippen molar-refractivity contribution in [1.29, 1.82) is 0 Å². The van der Waals surface area contributed by atoms with Crippen LogP contribution >= 0.6 is 0 Å². The molecule has 1 saturated carbocycles. The van der Waals surface area contributed by atoms with Crippen LogP contribution in [-0.2, 0) is 10.2 Å². The summed E-state index contributed by atoms with van der Waals surface area (Å²) in [5.41, 5.74) is 7.01. The Morgan fingerprint density at radius 1 is 0.676 bits per heavy atom. The zero-order valence-corrected chi connectivity index (χ0v) is 20.4. The van der Waals surface area contributed by atoms with Crippen LogP contribution in [0.5, 0.6) is 5.75 Å². The molecule has 4 nitrogen and oxygen atoms in total. The van der Waals surface area contributed by atoms with Gasteiger partial charge in [0.2, 0.25) is 0 Å². The minimum atomic E-state index is -0.450. The largest absolute Gasteiger partial charge is 0.465 e. The number of carbonyl (C=O) groups excluding carboxylic acids is 2. The van der Waals surface area contributed by atoms with E-state index in [0.717, 1.165) is 18.4 Å². The molecular formula is C30H32O4. The lowest BCUT2D eigenvalue weighted by atomic mass is 9.65. The quantitative estimate of drug-likeness (QED) is 0.311. The highest BCUT2D eigenvalue weighted by Crippen LogP contribution is 2.46. The summed E-state index contributed by atoms with van der Waals surface area (Å²) in [6.07, 6.45) is 5.95. The van der Waals surface area contributed by atoms with Gasteiger partial charge < -0.3 is 9.47 Å². The van der Waals surface area contributed by atoms with Crippen molar-refractivity contribution in [3.8, 4) is 5.75 Å². The Bertz CT molecular complexity index is 1200. The maximum atomic E-state index is 12.7. The van der Waals surface area contributed by atoms with E-state index in [1.165, 1.54) is 48.6 Å². The highest BCUT2D eigenvalue weighted by Gasteiger charge is 2.36. The predicted molar refractivity (Wildman–Crippen MR) is 134 cm³/mol. The second kappa shape index (κ2) is 9.84. The molecule has 0 aliphatic heterocycles. The Balaban J connectivity index is 1.60. The first-order valence-electron chi connectivity index (χ1n) is 11.9. The fourth-order valence-electron chi connectivity index (χ4n) is 5.02. The Morgan fingerprint density at radius 2 is 1.24 bits per heavy atom. The highest BCUT2D eigenvalue weighted by molar-refractivity contribution is 5.94. The third-order valence-electron chi connectivity index (χ3n) is 7.24. The molecule has 3 aromatic carbocycles. The van der Waals surface area contributed by atoms with Gasteiger partial charge in [0.25, 0.3) is 0 Å². The van der Waals surface area contributed by atoms with Crippen molar-refractivity contribution in [3.63, 3.8) is 0 Å². The van der Waals surface area contributed by atoms with Gasteiger partial charge in [0.1, 0.15) is 5.75 Å². The maximum Gasteiger partial charge on any atom is 0.343 e. The van der Waals surface area contributed by atoms with Crippen LogP contribution in [0.25, 0.3) is 0 Å². The maximum absolute atomic E-state index is 12.7. The molecule has 0 heterocycles. The molecule has 3 aromatic rings. The summed E-state index contributed by atoms with van der Waals surface area (Å²) >= 11 is 0. The fourth-order valence-corrected chi connectivity index (χ4v) is 5.02. The van der Waals surface area contributed by atoms with E-state index in [0.29, 0.717) is 16.9 Å². The van der Waals surface area contributed by atoms with Gasteiger partial charge in [0.05, 0.1) is 18.2 Å². The Kier molecular flexibility index (Phi) is 6.87. The molecule has 1 aliphatic carbocycles. The van der Waals surface area contributed by atoms with E-state index in [1.54, 1.807) is 24.3 Å². The number of methoxy groups -OCH3 is 1. The molecule has 0 amide bonds. The number of hydrogen-bond donors (Lipinski definition) is 0. The number of ether oxygens (including phenoxy) is 2. The molecule has 0 aromatic heterocycles. The summed E-state index contributed by atoms with van der Waals surface area (Å²) in [6.45, 7) is 6.33. The van der Waals surface area contributed by atoms with Gasteiger partial charge in [0, 0.05) is 5.41 Å².